The molecule has 0 unspecified atom stereocenters. The van der Waals surface area contributed by atoms with Crippen molar-refractivity contribution in [3.63, 3.8) is 0 Å². The van der Waals surface area contributed by atoms with E-state index in [2.05, 4.69) is 10.3 Å². The van der Waals surface area contributed by atoms with Crippen molar-refractivity contribution in [1.82, 2.24) is 9.55 Å². The van der Waals surface area contributed by atoms with Gasteiger partial charge in [0.1, 0.15) is 5.82 Å². The highest BCUT2D eigenvalue weighted by Gasteiger charge is 2.23. The van der Waals surface area contributed by atoms with Crippen LogP contribution in [-0.2, 0) is 13.0 Å². The van der Waals surface area contributed by atoms with Crippen LogP contribution in [0.1, 0.15) is 12.0 Å². The van der Waals surface area contributed by atoms with Crippen LogP contribution < -0.4 is 15.7 Å². The molecule has 1 N–H and O–H groups in total. The van der Waals surface area contributed by atoms with Crippen LogP contribution in [0.2, 0.25) is 0 Å². The van der Waals surface area contributed by atoms with Gasteiger partial charge in [0.05, 0.1) is 12.2 Å². The third kappa shape index (κ3) is 0.950. The topological polar surface area (TPSA) is 56.2 Å². The summed E-state index contributed by atoms with van der Waals surface area (Å²) in [6.45, 7) is 2.28. The molecule has 3 heterocycles. The van der Waals surface area contributed by atoms with Gasteiger partial charge in [-0.15, -0.1) is 0 Å². The maximum Gasteiger partial charge on any atom is 0.352 e. The summed E-state index contributed by atoms with van der Waals surface area (Å²) >= 11 is 0. The maximum atomic E-state index is 11.6. The highest BCUT2D eigenvalue weighted by molar-refractivity contribution is 5.53. The molecular weight excluding hydrogens is 182 g/mol. The quantitative estimate of drug-likeness (QED) is 0.629. The zero-order valence-corrected chi connectivity index (χ0v) is 7.75. The second-order valence-electron chi connectivity index (χ2n) is 3.56. The SMILES string of the molecule is O=c1nc2c(c3n1CCCO3)CCN2. The molecule has 0 radical (unpaired) electrons. The Morgan fingerprint density at radius 2 is 2.43 bits per heavy atom. The molecule has 0 aliphatic carbocycles. The number of fused-ring (bicyclic) bond motifs is 3. The third-order valence-electron chi connectivity index (χ3n) is 2.66. The first-order valence-corrected chi connectivity index (χ1v) is 4.86. The van der Waals surface area contributed by atoms with Crippen molar-refractivity contribution in [3.05, 3.63) is 16.0 Å². The summed E-state index contributed by atoms with van der Waals surface area (Å²) < 4.78 is 7.16. The first-order chi connectivity index (χ1) is 6.86. The highest BCUT2D eigenvalue weighted by atomic mass is 16.5. The van der Waals surface area contributed by atoms with E-state index in [1.165, 1.54) is 0 Å². The molecule has 0 amide bonds. The molecule has 74 valence electrons. The molecule has 0 bridgehead atoms. The van der Waals surface area contributed by atoms with Crippen molar-refractivity contribution in [2.24, 2.45) is 0 Å². The van der Waals surface area contributed by atoms with Gasteiger partial charge in [0.2, 0.25) is 5.88 Å². The summed E-state index contributed by atoms with van der Waals surface area (Å²) in [5.41, 5.74) is 0.858. The minimum absolute atomic E-state index is 0.201. The fraction of sp³-hybridized carbons (Fsp3) is 0.556. The Morgan fingerprint density at radius 1 is 1.50 bits per heavy atom. The van der Waals surface area contributed by atoms with E-state index in [1.54, 1.807) is 4.57 Å². The smallest absolute Gasteiger partial charge is 0.352 e. The molecule has 0 aromatic carbocycles. The minimum Gasteiger partial charge on any atom is -0.478 e. The number of aromatic nitrogens is 2. The van der Waals surface area contributed by atoms with Crippen molar-refractivity contribution in [3.8, 4) is 5.88 Å². The summed E-state index contributed by atoms with van der Waals surface area (Å²) in [5.74, 6) is 1.44. The molecule has 0 fully saturated rings. The molecule has 5 heteroatoms. The van der Waals surface area contributed by atoms with Crippen molar-refractivity contribution in [2.45, 2.75) is 19.4 Å². The highest BCUT2D eigenvalue weighted by Crippen LogP contribution is 2.29. The van der Waals surface area contributed by atoms with Crippen molar-refractivity contribution in [2.75, 3.05) is 18.5 Å². The molecule has 0 spiro atoms. The second kappa shape index (κ2) is 2.73. The van der Waals surface area contributed by atoms with Crippen LogP contribution in [0.5, 0.6) is 5.88 Å². The lowest BCUT2D eigenvalue weighted by Crippen LogP contribution is -2.30. The lowest BCUT2D eigenvalue weighted by Gasteiger charge is -2.20. The van der Waals surface area contributed by atoms with E-state index in [1.807, 2.05) is 0 Å². The number of hydrogen-bond donors (Lipinski definition) is 1. The molecule has 1 aromatic rings. The van der Waals surface area contributed by atoms with Gasteiger partial charge in [-0.2, -0.15) is 4.98 Å². The van der Waals surface area contributed by atoms with E-state index in [0.29, 0.717) is 12.4 Å². The molecule has 1 aromatic heterocycles. The molecule has 2 aliphatic heterocycles. The Balaban J connectivity index is 2.28. The number of rotatable bonds is 0. The van der Waals surface area contributed by atoms with E-state index in [4.69, 9.17) is 4.74 Å². The lowest BCUT2D eigenvalue weighted by molar-refractivity contribution is 0.231. The fourth-order valence-electron chi connectivity index (χ4n) is 2.01. The van der Waals surface area contributed by atoms with Crippen LogP contribution in [0.3, 0.4) is 0 Å². The molecule has 3 rings (SSSR count). The van der Waals surface area contributed by atoms with Gasteiger partial charge < -0.3 is 10.1 Å². The molecule has 0 saturated heterocycles. The Labute approximate surface area is 80.7 Å². The van der Waals surface area contributed by atoms with Gasteiger partial charge in [0, 0.05) is 13.1 Å². The van der Waals surface area contributed by atoms with Crippen molar-refractivity contribution < 1.29 is 4.74 Å². The van der Waals surface area contributed by atoms with E-state index < -0.39 is 0 Å². The largest absolute Gasteiger partial charge is 0.478 e. The first-order valence-electron chi connectivity index (χ1n) is 4.86. The summed E-state index contributed by atoms with van der Waals surface area (Å²) in [6.07, 6.45) is 1.79. The Kier molecular flexibility index (Phi) is 1.53. The molecule has 5 nitrogen and oxygen atoms in total. The number of hydrogen-bond acceptors (Lipinski definition) is 4. The molecule has 2 aliphatic rings. The van der Waals surface area contributed by atoms with Crippen LogP contribution in [0.4, 0.5) is 5.82 Å². The van der Waals surface area contributed by atoms with Gasteiger partial charge in [-0.1, -0.05) is 0 Å². The zero-order valence-electron chi connectivity index (χ0n) is 7.75. The van der Waals surface area contributed by atoms with E-state index in [0.717, 1.165) is 37.4 Å². The Bertz CT molecular complexity index is 438. The summed E-state index contributed by atoms with van der Waals surface area (Å²) in [4.78, 5) is 15.5. The number of nitrogens with zero attached hydrogens (tertiary/aromatic N) is 2. The minimum atomic E-state index is -0.201. The molecule has 0 saturated carbocycles. The normalized spacial score (nSPS) is 18.0. The van der Waals surface area contributed by atoms with Crippen LogP contribution in [0.25, 0.3) is 0 Å². The lowest BCUT2D eigenvalue weighted by atomic mass is 10.2. The predicted molar refractivity (Wildman–Crippen MR) is 50.8 cm³/mol. The van der Waals surface area contributed by atoms with E-state index >= 15 is 0 Å². The summed E-state index contributed by atoms with van der Waals surface area (Å²) in [6, 6.07) is 0. The van der Waals surface area contributed by atoms with Gasteiger partial charge in [0.15, 0.2) is 0 Å². The number of ether oxygens (including phenoxy) is 1. The summed E-state index contributed by atoms with van der Waals surface area (Å²) in [7, 11) is 0. The van der Waals surface area contributed by atoms with Gasteiger partial charge >= 0.3 is 5.69 Å². The molecular formula is C9H11N3O2. The maximum absolute atomic E-state index is 11.6. The predicted octanol–water partition coefficient (Wildman–Crippen LogP) is -0.00620. The Hall–Kier alpha value is -1.52. The zero-order chi connectivity index (χ0) is 9.54. The van der Waals surface area contributed by atoms with Crippen LogP contribution >= 0.6 is 0 Å². The van der Waals surface area contributed by atoms with Gasteiger partial charge in [-0.25, -0.2) is 4.79 Å². The second-order valence-corrected chi connectivity index (χ2v) is 3.56. The molecule has 0 atom stereocenters. The van der Waals surface area contributed by atoms with Crippen LogP contribution in [0.15, 0.2) is 4.79 Å². The number of nitrogens with one attached hydrogen (secondary N) is 1. The fourth-order valence-corrected chi connectivity index (χ4v) is 2.01. The third-order valence-corrected chi connectivity index (χ3v) is 2.66. The van der Waals surface area contributed by atoms with Gasteiger partial charge in [0.25, 0.3) is 0 Å². The molecule has 14 heavy (non-hydrogen) atoms. The van der Waals surface area contributed by atoms with Gasteiger partial charge in [-0.3, -0.25) is 4.57 Å². The first kappa shape index (κ1) is 7.84. The standard InChI is InChI=1S/C9H11N3O2/c13-9-11-7-6(2-3-10-7)8-12(9)4-1-5-14-8/h1-5H2,(H,10,11,13). The van der Waals surface area contributed by atoms with Crippen LogP contribution in [-0.4, -0.2) is 22.7 Å². The van der Waals surface area contributed by atoms with E-state index in [9.17, 15) is 4.79 Å². The average molecular weight is 193 g/mol. The van der Waals surface area contributed by atoms with Crippen molar-refractivity contribution >= 4 is 5.82 Å². The van der Waals surface area contributed by atoms with E-state index in [-0.39, 0.29) is 5.69 Å². The number of anilines is 1. The van der Waals surface area contributed by atoms with Gasteiger partial charge in [-0.05, 0) is 12.8 Å². The monoisotopic (exact) mass is 193 g/mol. The average Bonchev–Trinajstić information content (AvgIpc) is 2.66. The Morgan fingerprint density at radius 3 is 3.36 bits per heavy atom. The summed E-state index contributed by atoms with van der Waals surface area (Å²) in [5, 5.41) is 3.09. The van der Waals surface area contributed by atoms with Crippen molar-refractivity contribution in [1.29, 1.82) is 0 Å². The van der Waals surface area contributed by atoms with Crippen LogP contribution in [0, 0.1) is 0 Å².